The van der Waals surface area contributed by atoms with Gasteiger partial charge < -0.3 is 4.74 Å². The highest BCUT2D eigenvalue weighted by molar-refractivity contribution is 7.13. The molecule has 0 saturated heterocycles. The molecular weight excluding hydrogens is 230 g/mol. The quantitative estimate of drug-likeness (QED) is 0.755. The van der Waals surface area contributed by atoms with Crippen molar-refractivity contribution in [1.82, 2.24) is 0 Å². The third-order valence-electron chi connectivity index (χ3n) is 2.36. The molecule has 2 aromatic rings. The number of ether oxygens (including phenoxy) is 1. The zero-order chi connectivity index (χ0) is 12.1. The number of aryl methyl sites for hydroxylation is 1. The molecule has 0 spiro atoms. The molecule has 1 heterocycles. The number of aromatic nitrogens is 1. The Labute approximate surface area is 106 Å². The van der Waals surface area contributed by atoms with E-state index in [0.717, 1.165) is 5.06 Å². The lowest BCUT2D eigenvalue weighted by Gasteiger charge is -1.91. The molecule has 0 saturated carbocycles. The average Bonchev–Trinajstić information content (AvgIpc) is 2.69. The summed E-state index contributed by atoms with van der Waals surface area (Å²) in [6.07, 6.45) is 6.24. The lowest BCUT2D eigenvalue weighted by Crippen LogP contribution is -2.27. The Balaban J connectivity index is 2.16. The van der Waals surface area contributed by atoms with Crippen molar-refractivity contribution in [2.75, 3.05) is 6.61 Å². The van der Waals surface area contributed by atoms with Crippen molar-refractivity contribution >= 4 is 23.5 Å². The van der Waals surface area contributed by atoms with E-state index in [2.05, 4.69) is 28.9 Å². The van der Waals surface area contributed by atoms with Crippen LogP contribution in [0.3, 0.4) is 0 Å². The molecule has 0 amide bonds. The van der Waals surface area contributed by atoms with Crippen molar-refractivity contribution in [2.45, 2.75) is 6.92 Å². The first kappa shape index (κ1) is 11.9. The van der Waals surface area contributed by atoms with Crippen LogP contribution < -0.4 is 9.30 Å². The van der Waals surface area contributed by atoms with Gasteiger partial charge in [-0.15, -0.1) is 0 Å². The molecule has 2 nitrogen and oxygen atoms in total. The van der Waals surface area contributed by atoms with Gasteiger partial charge in [0.1, 0.15) is 7.05 Å². The lowest BCUT2D eigenvalue weighted by molar-refractivity contribution is -0.668. The van der Waals surface area contributed by atoms with E-state index in [-0.39, 0.29) is 0 Å². The SMILES string of the molecule is CCOc1c[n+](C)c(/C=C\c2ccccc2)s1. The monoisotopic (exact) mass is 246 g/mol. The van der Waals surface area contributed by atoms with Gasteiger partial charge in [0.15, 0.2) is 0 Å². The van der Waals surface area contributed by atoms with Crippen LogP contribution in [0.4, 0.5) is 0 Å². The van der Waals surface area contributed by atoms with Crippen molar-refractivity contribution in [3.63, 3.8) is 0 Å². The summed E-state index contributed by atoms with van der Waals surface area (Å²) in [6, 6.07) is 10.3. The van der Waals surface area contributed by atoms with Gasteiger partial charge in [-0.3, -0.25) is 0 Å². The smallest absolute Gasteiger partial charge is 0.264 e. The van der Waals surface area contributed by atoms with Crippen LogP contribution in [0, 0.1) is 0 Å². The van der Waals surface area contributed by atoms with Gasteiger partial charge in [-0.05, 0) is 29.9 Å². The van der Waals surface area contributed by atoms with E-state index in [9.17, 15) is 0 Å². The van der Waals surface area contributed by atoms with Crippen LogP contribution in [0.1, 0.15) is 17.5 Å². The first-order valence-electron chi connectivity index (χ1n) is 5.65. The molecule has 3 heteroatoms. The van der Waals surface area contributed by atoms with Crippen LogP contribution in [-0.2, 0) is 7.05 Å². The van der Waals surface area contributed by atoms with E-state index in [1.165, 1.54) is 10.6 Å². The zero-order valence-electron chi connectivity index (χ0n) is 10.1. The predicted molar refractivity (Wildman–Crippen MR) is 72.0 cm³/mol. The van der Waals surface area contributed by atoms with Gasteiger partial charge in [0.25, 0.3) is 5.01 Å². The molecule has 0 unspecified atom stereocenters. The summed E-state index contributed by atoms with van der Waals surface area (Å²) < 4.78 is 7.56. The van der Waals surface area contributed by atoms with Crippen molar-refractivity contribution in [2.24, 2.45) is 7.05 Å². The fourth-order valence-corrected chi connectivity index (χ4v) is 2.44. The maximum Gasteiger partial charge on any atom is 0.264 e. The normalized spacial score (nSPS) is 10.9. The highest BCUT2D eigenvalue weighted by Crippen LogP contribution is 2.21. The van der Waals surface area contributed by atoms with Gasteiger partial charge in [0.2, 0.25) is 11.3 Å². The summed E-state index contributed by atoms with van der Waals surface area (Å²) >= 11 is 1.66. The molecule has 0 fully saturated rings. The molecule has 1 aromatic carbocycles. The van der Waals surface area contributed by atoms with Crippen LogP contribution in [-0.4, -0.2) is 6.61 Å². The van der Waals surface area contributed by atoms with E-state index in [1.54, 1.807) is 11.3 Å². The Morgan fingerprint density at radius 2 is 2.00 bits per heavy atom. The first-order valence-corrected chi connectivity index (χ1v) is 6.46. The summed E-state index contributed by atoms with van der Waals surface area (Å²) in [6.45, 7) is 2.71. The number of thiazole rings is 1. The van der Waals surface area contributed by atoms with Crippen molar-refractivity contribution in [3.8, 4) is 5.06 Å². The minimum absolute atomic E-state index is 0.711. The highest BCUT2D eigenvalue weighted by atomic mass is 32.1. The Bertz CT molecular complexity index is 502. The number of hydrogen-bond donors (Lipinski definition) is 0. The molecule has 0 N–H and O–H groups in total. The van der Waals surface area contributed by atoms with Crippen LogP contribution in [0.25, 0.3) is 12.2 Å². The van der Waals surface area contributed by atoms with E-state index < -0.39 is 0 Å². The van der Waals surface area contributed by atoms with Gasteiger partial charge in [0, 0.05) is 6.08 Å². The molecule has 17 heavy (non-hydrogen) atoms. The van der Waals surface area contributed by atoms with Gasteiger partial charge >= 0.3 is 0 Å². The van der Waals surface area contributed by atoms with E-state index in [0.29, 0.717) is 6.61 Å². The third kappa shape index (κ3) is 3.17. The molecule has 0 aliphatic carbocycles. The fourth-order valence-electron chi connectivity index (χ4n) is 1.52. The van der Waals surface area contributed by atoms with Gasteiger partial charge in [0.05, 0.1) is 6.61 Å². The minimum atomic E-state index is 0.711. The van der Waals surface area contributed by atoms with E-state index in [1.807, 2.05) is 38.4 Å². The molecule has 1 aromatic heterocycles. The van der Waals surface area contributed by atoms with Gasteiger partial charge in [-0.1, -0.05) is 30.3 Å². The van der Waals surface area contributed by atoms with Crippen LogP contribution >= 0.6 is 11.3 Å². The van der Waals surface area contributed by atoms with E-state index in [4.69, 9.17) is 4.74 Å². The van der Waals surface area contributed by atoms with Gasteiger partial charge in [-0.2, -0.15) is 4.57 Å². The molecule has 0 radical (unpaired) electrons. The number of hydrogen-bond acceptors (Lipinski definition) is 2. The molecule has 2 rings (SSSR count). The first-order chi connectivity index (χ1) is 8.29. The maximum atomic E-state index is 5.48. The minimum Gasteiger partial charge on any atom is -0.480 e. The standard InChI is InChI=1S/C14H16NOS/c1-3-16-14-11-15(2)13(17-14)10-9-12-7-5-4-6-8-12/h4-11H,3H2,1-2H3/q+1/b10-9-. The lowest BCUT2D eigenvalue weighted by atomic mass is 10.2. The Morgan fingerprint density at radius 3 is 2.71 bits per heavy atom. The summed E-state index contributed by atoms with van der Waals surface area (Å²) in [4.78, 5) is 0. The van der Waals surface area contributed by atoms with Crippen molar-refractivity contribution in [3.05, 3.63) is 47.1 Å². The highest BCUT2D eigenvalue weighted by Gasteiger charge is 2.10. The Hall–Kier alpha value is -1.61. The fraction of sp³-hybridized carbons (Fsp3) is 0.214. The maximum absolute atomic E-state index is 5.48. The predicted octanol–water partition coefficient (Wildman–Crippen LogP) is 3.14. The largest absolute Gasteiger partial charge is 0.480 e. The zero-order valence-corrected chi connectivity index (χ0v) is 10.9. The second-order valence-corrected chi connectivity index (χ2v) is 4.70. The van der Waals surface area contributed by atoms with Crippen LogP contribution in [0.15, 0.2) is 36.5 Å². The molecule has 0 bridgehead atoms. The Morgan fingerprint density at radius 1 is 1.24 bits per heavy atom. The molecule has 88 valence electrons. The second kappa shape index (κ2) is 5.64. The summed E-state index contributed by atoms with van der Waals surface area (Å²) in [5, 5.41) is 2.14. The summed E-state index contributed by atoms with van der Waals surface area (Å²) in [7, 11) is 2.03. The average molecular weight is 246 g/mol. The van der Waals surface area contributed by atoms with Gasteiger partial charge in [-0.25, -0.2) is 0 Å². The number of rotatable bonds is 4. The molecule has 0 aliphatic heterocycles. The van der Waals surface area contributed by atoms with Crippen molar-refractivity contribution < 1.29 is 9.30 Å². The summed E-state index contributed by atoms with van der Waals surface area (Å²) in [5.41, 5.74) is 1.21. The molecule has 0 atom stereocenters. The summed E-state index contributed by atoms with van der Waals surface area (Å²) in [5.74, 6) is 0. The van der Waals surface area contributed by atoms with Crippen LogP contribution in [0.2, 0.25) is 0 Å². The topological polar surface area (TPSA) is 13.1 Å². The third-order valence-corrected chi connectivity index (χ3v) is 3.41. The number of benzene rings is 1. The second-order valence-electron chi connectivity index (χ2n) is 3.68. The molecular formula is C14H16NOS+. The van der Waals surface area contributed by atoms with E-state index >= 15 is 0 Å². The molecule has 0 aliphatic rings. The Kier molecular flexibility index (Phi) is 3.94. The van der Waals surface area contributed by atoms with Crippen LogP contribution in [0.5, 0.6) is 5.06 Å². The van der Waals surface area contributed by atoms with Crippen molar-refractivity contribution in [1.29, 1.82) is 0 Å². The number of nitrogens with zero attached hydrogens (tertiary/aromatic N) is 1.